The van der Waals surface area contributed by atoms with E-state index in [-0.39, 0.29) is 0 Å². The second-order valence-electron chi connectivity index (χ2n) is 12.4. The van der Waals surface area contributed by atoms with Gasteiger partial charge in [0.25, 0.3) is 0 Å². The van der Waals surface area contributed by atoms with Crippen molar-refractivity contribution >= 4 is 18.6 Å². The van der Waals surface area contributed by atoms with Gasteiger partial charge in [-0.15, -0.1) is 12.1 Å². The molecule has 0 bridgehead atoms. The Morgan fingerprint density at radius 1 is 0.405 bits per heavy atom. The zero-order valence-electron chi connectivity index (χ0n) is 23.1. The van der Waals surface area contributed by atoms with E-state index in [9.17, 15) is 0 Å². The molecule has 0 aromatic rings. The van der Waals surface area contributed by atoms with Gasteiger partial charge in [0.1, 0.15) is 0 Å². The van der Waals surface area contributed by atoms with Crippen LogP contribution in [0.25, 0.3) is 10.6 Å². The zero-order chi connectivity index (χ0) is 25.7. The molecule has 5 aliphatic rings. The van der Waals surface area contributed by atoms with E-state index in [4.69, 9.17) is 38.7 Å². The molecule has 0 spiro atoms. The normalized spacial score (nSPS) is 36.4. The van der Waals surface area contributed by atoms with Crippen molar-refractivity contribution in [1.82, 2.24) is 0 Å². The van der Waals surface area contributed by atoms with Gasteiger partial charge in [0.15, 0.2) is 0 Å². The summed E-state index contributed by atoms with van der Waals surface area (Å²) >= 11 is -0.556. The van der Waals surface area contributed by atoms with Crippen LogP contribution in [0, 0.1) is 0 Å². The van der Waals surface area contributed by atoms with Crippen LogP contribution in [0.15, 0.2) is 0 Å². The molecule has 0 N–H and O–H groups in total. The van der Waals surface area contributed by atoms with Crippen molar-refractivity contribution in [3.8, 4) is 0 Å². The summed E-state index contributed by atoms with van der Waals surface area (Å²) in [6.45, 7) is 0. The summed E-state index contributed by atoms with van der Waals surface area (Å²) in [5.41, 5.74) is 0. The molecule has 37 heavy (non-hydrogen) atoms. The summed E-state index contributed by atoms with van der Waals surface area (Å²) in [5, 5.41) is 10.9. The Labute approximate surface area is 244 Å². The number of hydrogen-bond donors (Lipinski definition) is 0. The van der Waals surface area contributed by atoms with E-state index in [2.05, 4.69) is 0 Å². The van der Waals surface area contributed by atoms with E-state index in [1.54, 1.807) is 0 Å². The van der Waals surface area contributed by atoms with Gasteiger partial charge in [-0.25, -0.2) is 0 Å². The summed E-state index contributed by atoms with van der Waals surface area (Å²) in [6, 6.07) is 2.11. The van der Waals surface area contributed by atoms with Crippen LogP contribution in [0.2, 0.25) is 0 Å². The second-order valence-corrected chi connectivity index (χ2v) is 15.0. The van der Waals surface area contributed by atoms with Crippen molar-refractivity contribution < 1.29 is 26.5 Å². The molecular formula is C30H52Cl2N2O2Ti-2. The van der Waals surface area contributed by atoms with Crippen LogP contribution in [0.4, 0.5) is 0 Å². The van der Waals surface area contributed by atoms with Gasteiger partial charge in [0.2, 0.25) is 0 Å². The van der Waals surface area contributed by atoms with Crippen LogP contribution in [0.1, 0.15) is 141 Å². The van der Waals surface area contributed by atoms with E-state index in [0.29, 0.717) is 48.6 Å². The molecule has 0 aromatic heterocycles. The molecule has 214 valence electrons. The average Bonchev–Trinajstić information content (AvgIpc) is 2.94. The first kappa shape index (κ1) is 31.1. The zero-order valence-corrected chi connectivity index (χ0v) is 26.2. The summed E-state index contributed by atoms with van der Waals surface area (Å²) in [5.74, 6) is 0. The van der Waals surface area contributed by atoms with Crippen LogP contribution in [-0.2, 0) is 26.5 Å². The van der Waals surface area contributed by atoms with Crippen LogP contribution < -0.4 is 0 Å². The van der Waals surface area contributed by atoms with E-state index in [1.807, 2.05) is 0 Å². The standard InChI is InChI=1S/C30H52N2O2.2ClH.Ti/c1-3-9-25(10-4-1)33-27-19-15-23(16-20-27)31-29-13-7-8-14-30(29)32-24-17-21-28(22-18-24)34-26-11-5-2-6-12-26;;;/h23-30H,1-22H2;2*1H;/q-2;;;+2/p-2. The molecule has 0 radical (unpaired) electrons. The fourth-order valence-electron chi connectivity index (χ4n) is 7.59. The van der Waals surface area contributed by atoms with Crippen molar-refractivity contribution in [2.24, 2.45) is 0 Å². The predicted molar refractivity (Wildman–Crippen MR) is 152 cm³/mol. The number of nitrogens with zero attached hydrogens (tertiary/aromatic N) is 2. The van der Waals surface area contributed by atoms with Gasteiger partial charge in [0.05, 0.1) is 24.4 Å². The van der Waals surface area contributed by atoms with E-state index < -0.39 is 17.0 Å². The molecule has 0 aromatic carbocycles. The van der Waals surface area contributed by atoms with Gasteiger partial charge in [0, 0.05) is 0 Å². The molecule has 0 amide bonds. The monoisotopic (exact) mass is 590 g/mol. The molecule has 5 saturated carbocycles. The molecule has 4 nitrogen and oxygen atoms in total. The van der Waals surface area contributed by atoms with Crippen molar-refractivity contribution in [2.75, 3.05) is 0 Å². The maximum absolute atomic E-state index is 6.48. The topological polar surface area (TPSA) is 46.7 Å². The average molecular weight is 592 g/mol. The molecule has 0 aliphatic heterocycles. The molecule has 5 rings (SSSR count). The number of hydrogen-bond acceptors (Lipinski definition) is 2. The minimum absolute atomic E-state index is 0.491. The summed E-state index contributed by atoms with van der Waals surface area (Å²) in [7, 11) is 9.78. The molecule has 0 saturated heterocycles. The van der Waals surface area contributed by atoms with Crippen molar-refractivity contribution in [1.29, 1.82) is 0 Å². The molecule has 7 heteroatoms. The van der Waals surface area contributed by atoms with Gasteiger partial charge >= 0.3 is 35.6 Å². The van der Waals surface area contributed by atoms with Gasteiger partial charge in [-0.1, -0.05) is 89.9 Å². The first-order valence-corrected chi connectivity index (χ1v) is 20.2. The first-order chi connectivity index (χ1) is 18.2. The molecule has 2 unspecified atom stereocenters. The molecular weight excluding hydrogens is 539 g/mol. The second kappa shape index (κ2) is 17.8. The number of ether oxygens (including phenoxy) is 2. The maximum atomic E-state index is 6.48. The first-order valence-electron chi connectivity index (χ1n) is 15.9. The predicted octanol–water partition coefficient (Wildman–Crippen LogP) is 9.74. The summed E-state index contributed by atoms with van der Waals surface area (Å²) in [4.78, 5) is 0. The van der Waals surface area contributed by atoms with Gasteiger partial charge in [-0.3, -0.25) is 0 Å². The van der Waals surface area contributed by atoms with Gasteiger partial charge < -0.3 is 20.1 Å². The Morgan fingerprint density at radius 2 is 0.703 bits per heavy atom. The Bertz CT molecular complexity index is 540. The SMILES string of the molecule is C1CCC(OC2CCC([N-]C3CCCCC3[N-]C3CCC(OC4CCCCC4)CC3)CC2)CC1.[Cl][Ti][Cl]. The van der Waals surface area contributed by atoms with Crippen molar-refractivity contribution in [2.45, 2.75) is 190 Å². The third kappa shape index (κ3) is 11.1. The van der Waals surface area contributed by atoms with Gasteiger partial charge in [-0.2, -0.15) is 12.1 Å². The van der Waals surface area contributed by atoms with Gasteiger partial charge in [-0.05, 0) is 51.4 Å². The Kier molecular flexibility index (Phi) is 15.0. The Balaban J connectivity index is 0.00000102. The molecule has 5 aliphatic carbocycles. The molecule has 0 heterocycles. The van der Waals surface area contributed by atoms with Crippen LogP contribution >= 0.6 is 18.6 Å². The summed E-state index contributed by atoms with van der Waals surface area (Å²) in [6.07, 6.45) is 30.7. The molecule has 2 atom stereocenters. The third-order valence-corrected chi connectivity index (χ3v) is 9.66. The van der Waals surface area contributed by atoms with Crippen molar-refractivity contribution in [3.05, 3.63) is 10.6 Å². The van der Waals surface area contributed by atoms with Crippen LogP contribution in [0.3, 0.4) is 0 Å². The van der Waals surface area contributed by atoms with E-state index in [0.717, 1.165) is 0 Å². The Morgan fingerprint density at radius 3 is 1.05 bits per heavy atom. The van der Waals surface area contributed by atoms with Crippen LogP contribution in [0.5, 0.6) is 0 Å². The third-order valence-electron chi connectivity index (χ3n) is 9.66. The van der Waals surface area contributed by atoms with E-state index >= 15 is 0 Å². The Hall–Kier alpha value is 1.13. The van der Waals surface area contributed by atoms with E-state index in [1.165, 1.54) is 141 Å². The minimum atomic E-state index is -0.556. The fourth-order valence-corrected chi connectivity index (χ4v) is 7.59. The quantitative estimate of drug-likeness (QED) is 0.264. The number of halogens is 2. The fraction of sp³-hybridized carbons (Fsp3) is 1.00. The summed E-state index contributed by atoms with van der Waals surface area (Å²) < 4.78 is 13.0. The van der Waals surface area contributed by atoms with Crippen LogP contribution in [-0.4, -0.2) is 48.6 Å². The van der Waals surface area contributed by atoms with Crippen molar-refractivity contribution in [3.63, 3.8) is 0 Å². The number of rotatable bonds is 8. The molecule has 5 fully saturated rings.